The first-order chi connectivity index (χ1) is 12.1. The Balaban J connectivity index is 1.81. The van der Waals surface area contributed by atoms with Gasteiger partial charge in [0.2, 0.25) is 0 Å². The van der Waals surface area contributed by atoms with Crippen molar-refractivity contribution in [2.45, 2.75) is 20.3 Å². The highest BCUT2D eigenvalue weighted by atomic mass is 32.1. The summed E-state index contributed by atoms with van der Waals surface area (Å²) in [6.07, 6.45) is 12.4. The predicted octanol–water partition coefficient (Wildman–Crippen LogP) is 4.41. The van der Waals surface area contributed by atoms with Gasteiger partial charge in [0, 0.05) is 42.0 Å². The molecule has 2 heteroatoms. The molecule has 0 radical (unpaired) electrons. The van der Waals surface area contributed by atoms with Crippen LogP contribution in [0, 0.1) is 5.41 Å². The Kier molecular flexibility index (Phi) is 2.42. The van der Waals surface area contributed by atoms with Crippen molar-refractivity contribution >= 4 is 38.8 Å². The van der Waals surface area contributed by atoms with Crippen molar-refractivity contribution in [1.82, 2.24) is 0 Å². The Hall–Kier alpha value is -2.45. The molecular weight excluding hydrogens is 322 g/mol. The van der Waals surface area contributed by atoms with Crippen molar-refractivity contribution in [2.24, 2.45) is 10.4 Å². The lowest BCUT2D eigenvalue weighted by Crippen LogP contribution is -2.38. The van der Waals surface area contributed by atoms with Crippen LogP contribution in [-0.4, -0.2) is 5.71 Å². The number of rotatable bonds is 0. The van der Waals surface area contributed by atoms with Gasteiger partial charge in [-0.15, -0.1) is 11.3 Å². The van der Waals surface area contributed by atoms with Crippen molar-refractivity contribution in [2.75, 3.05) is 0 Å². The average molecular weight is 339 g/mol. The molecule has 1 nitrogen and oxygen atoms in total. The van der Waals surface area contributed by atoms with Crippen LogP contribution < -0.4 is 9.75 Å². The van der Waals surface area contributed by atoms with E-state index in [1.807, 2.05) is 11.3 Å². The van der Waals surface area contributed by atoms with Crippen LogP contribution in [0.1, 0.15) is 20.3 Å². The maximum absolute atomic E-state index is 5.17. The molecule has 0 bridgehead atoms. The molecule has 0 atom stereocenters. The van der Waals surface area contributed by atoms with Gasteiger partial charge >= 0.3 is 0 Å². The largest absolute Gasteiger partial charge is 0.251 e. The minimum Gasteiger partial charge on any atom is -0.251 e. The van der Waals surface area contributed by atoms with Gasteiger partial charge in [0.15, 0.2) is 0 Å². The molecule has 1 aromatic heterocycles. The van der Waals surface area contributed by atoms with Crippen LogP contribution in [0.5, 0.6) is 0 Å². The molecule has 0 saturated heterocycles. The van der Waals surface area contributed by atoms with E-state index in [9.17, 15) is 0 Å². The summed E-state index contributed by atoms with van der Waals surface area (Å²) < 4.78 is 2.76. The summed E-state index contributed by atoms with van der Waals surface area (Å²) in [7, 11) is 0. The summed E-state index contributed by atoms with van der Waals surface area (Å²) in [5, 5.41) is 2.76. The summed E-state index contributed by atoms with van der Waals surface area (Å²) in [6.45, 7) is 4.59. The Morgan fingerprint density at radius 3 is 2.96 bits per heavy atom. The van der Waals surface area contributed by atoms with Gasteiger partial charge in [-0.3, -0.25) is 4.99 Å². The van der Waals surface area contributed by atoms with Gasteiger partial charge in [-0.1, -0.05) is 56.4 Å². The normalized spacial score (nSPS) is 22.0. The number of hydrogen-bond donors (Lipinski definition) is 0. The van der Waals surface area contributed by atoms with Crippen molar-refractivity contribution in [3.8, 4) is 0 Å². The Morgan fingerprint density at radius 1 is 1.16 bits per heavy atom. The second kappa shape index (κ2) is 4.39. The number of aliphatic imine (C=N–C) groups is 1. The third-order valence-corrected chi connectivity index (χ3v) is 6.73. The average Bonchev–Trinajstić information content (AvgIpc) is 3.23. The maximum atomic E-state index is 5.17. The lowest BCUT2D eigenvalue weighted by Gasteiger charge is -2.25. The zero-order chi connectivity index (χ0) is 16.8. The standard InChI is InChI=1S/C23H17NS/c1-23(2)12-18-19(15-9-5-6-10-17(15)25-18)20-16-11-13-7-3-4-8-14(13)21(16)24-22(20)23/h3-6,8-12H,7H2,1-2H3. The van der Waals surface area contributed by atoms with Gasteiger partial charge < -0.3 is 0 Å². The first kappa shape index (κ1) is 13.8. The van der Waals surface area contributed by atoms with E-state index in [0.29, 0.717) is 0 Å². The first-order valence-electron chi connectivity index (χ1n) is 8.80. The van der Waals surface area contributed by atoms with Crippen LogP contribution in [0.3, 0.4) is 0 Å². The smallest absolute Gasteiger partial charge is 0.0788 e. The van der Waals surface area contributed by atoms with Crippen LogP contribution in [0.15, 0.2) is 76.0 Å². The molecule has 0 fully saturated rings. The predicted molar refractivity (Wildman–Crippen MR) is 107 cm³/mol. The Labute approximate surface area is 150 Å². The highest BCUT2D eigenvalue weighted by Gasteiger charge is 2.39. The van der Waals surface area contributed by atoms with E-state index < -0.39 is 0 Å². The number of hydrogen-bond acceptors (Lipinski definition) is 2. The highest BCUT2D eigenvalue weighted by Crippen LogP contribution is 2.47. The van der Waals surface area contributed by atoms with Gasteiger partial charge in [0.25, 0.3) is 0 Å². The minimum atomic E-state index is -0.0351. The number of allylic oxidation sites excluding steroid dienone is 6. The molecule has 0 unspecified atom stereocenters. The van der Waals surface area contributed by atoms with Crippen LogP contribution in [0.4, 0.5) is 0 Å². The summed E-state index contributed by atoms with van der Waals surface area (Å²) in [4.78, 5) is 5.17. The minimum absolute atomic E-state index is 0.0351. The van der Waals surface area contributed by atoms with E-state index in [1.54, 1.807) is 0 Å². The molecule has 1 aliphatic heterocycles. The second-order valence-corrected chi connectivity index (χ2v) is 8.77. The number of fused-ring (bicyclic) bond motifs is 7. The van der Waals surface area contributed by atoms with E-state index in [1.165, 1.54) is 53.5 Å². The zero-order valence-electron chi connectivity index (χ0n) is 14.3. The van der Waals surface area contributed by atoms with Gasteiger partial charge in [-0.2, -0.15) is 0 Å². The van der Waals surface area contributed by atoms with E-state index in [-0.39, 0.29) is 5.41 Å². The molecule has 3 aliphatic carbocycles. The summed E-state index contributed by atoms with van der Waals surface area (Å²) in [5.74, 6) is 0. The Bertz CT molecular complexity index is 1270. The van der Waals surface area contributed by atoms with Crippen LogP contribution >= 0.6 is 11.3 Å². The molecule has 0 spiro atoms. The monoisotopic (exact) mass is 339 g/mol. The fourth-order valence-electron chi connectivity index (χ4n) is 4.48. The molecule has 0 saturated carbocycles. The lowest BCUT2D eigenvalue weighted by molar-refractivity contribution is 0.725. The van der Waals surface area contributed by atoms with E-state index in [4.69, 9.17) is 4.99 Å². The molecule has 2 aromatic rings. The van der Waals surface area contributed by atoms with Crippen molar-refractivity contribution in [1.29, 1.82) is 0 Å². The summed E-state index contributed by atoms with van der Waals surface area (Å²) in [6, 6.07) is 8.78. The highest BCUT2D eigenvalue weighted by molar-refractivity contribution is 7.17. The number of nitrogens with zero attached hydrogens (tertiary/aromatic N) is 1. The van der Waals surface area contributed by atoms with Crippen molar-refractivity contribution < 1.29 is 0 Å². The third kappa shape index (κ3) is 1.65. The van der Waals surface area contributed by atoms with Crippen molar-refractivity contribution in [3.05, 3.63) is 80.7 Å². The zero-order valence-corrected chi connectivity index (χ0v) is 15.1. The van der Waals surface area contributed by atoms with Gasteiger partial charge in [-0.05, 0) is 24.1 Å². The second-order valence-electron chi connectivity index (χ2n) is 7.68. The molecule has 120 valence electrons. The molecule has 0 amide bonds. The van der Waals surface area contributed by atoms with E-state index >= 15 is 0 Å². The first-order valence-corrected chi connectivity index (χ1v) is 9.62. The third-order valence-electron chi connectivity index (χ3n) is 5.62. The molecule has 0 N–H and O–H groups in total. The number of thiophene rings is 1. The van der Waals surface area contributed by atoms with Crippen molar-refractivity contribution in [3.63, 3.8) is 0 Å². The van der Waals surface area contributed by atoms with Crippen LogP contribution in [-0.2, 0) is 0 Å². The molecule has 6 rings (SSSR count). The molecule has 25 heavy (non-hydrogen) atoms. The quantitative estimate of drug-likeness (QED) is 0.674. The van der Waals surface area contributed by atoms with E-state index in [2.05, 4.69) is 68.5 Å². The molecule has 4 aliphatic rings. The Morgan fingerprint density at radius 2 is 2.04 bits per heavy atom. The maximum Gasteiger partial charge on any atom is 0.0788 e. The van der Waals surface area contributed by atoms with Gasteiger partial charge in [0.1, 0.15) is 0 Å². The summed E-state index contributed by atoms with van der Waals surface area (Å²) in [5.41, 5.74) is 7.84. The van der Waals surface area contributed by atoms with Gasteiger partial charge in [-0.25, -0.2) is 0 Å². The fraction of sp³-hybridized carbons (Fsp3) is 0.174. The SMILES string of the molecule is CC1(C)C=c2sc3ccccc3c2=C2C1=NC1=C2C=C2CC=CC=C21. The van der Waals surface area contributed by atoms with Crippen LogP contribution in [0.2, 0.25) is 0 Å². The van der Waals surface area contributed by atoms with E-state index in [0.717, 1.165) is 6.42 Å². The molecule has 2 heterocycles. The fourth-order valence-corrected chi connectivity index (χ4v) is 5.81. The topological polar surface area (TPSA) is 12.4 Å². The van der Waals surface area contributed by atoms with Gasteiger partial charge in [0.05, 0.1) is 11.4 Å². The lowest BCUT2D eigenvalue weighted by atomic mass is 9.78. The summed E-state index contributed by atoms with van der Waals surface area (Å²) >= 11 is 1.91. The molecular formula is C23H17NS. The van der Waals surface area contributed by atoms with Crippen LogP contribution in [0.25, 0.3) is 21.7 Å². The number of benzene rings is 1. The molecule has 1 aromatic carbocycles.